The van der Waals surface area contributed by atoms with Crippen molar-refractivity contribution in [2.45, 2.75) is 18.6 Å². The quantitative estimate of drug-likeness (QED) is 0.866. The first-order valence-corrected chi connectivity index (χ1v) is 7.31. The Morgan fingerprint density at radius 3 is 3.11 bits per heavy atom. The number of rotatable bonds is 3. The summed E-state index contributed by atoms with van der Waals surface area (Å²) in [5.74, 6) is 0.528. The van der Waals surface area contributed by atoms with Gasteiger partial charge in [0, 0.05) is 24.1 Å². The van der Waals surface area contributed by atoms with Crippen LogP contribution in [0.5, 0.6) is 0 Å². The molecule has 0 spiro atoms. The van der Waals surface area contributed by atoms with E-state index in [1.807, 2.05) is 16.7 Å². The predicted molar refractivity (Wildman–Crippen MR) is 75.0 cm³/mol. The van der Waals surface area contributed by atoms with Crippen LogP contribution in [0.4, 0.5) is 5.82 Å². The van der Waals surface area contributed by atoms with Crippen molar-refractivity contribution in [1.82, 2.24) is 4.98 Å². The number of hydrogen-bond acceptors (Lipinski definition) is 4. The van der Waals surface area contributed by atoms with Crippen LogP contribution in [-0.4, -0.2) is 40.2 Å². The molecule has 0 bridgehead atoms. The highest BCUT2D eigenvalue weighted by Gasteiger charge is 2.24. The lowest BCUT2D eigenvalue weighted by atomic mass is 10.2. The molecule has 0 saturated carbocycles. The van der Waals surface area contributed by atoms with E-state index in [2.05, 4.69) is 11.9 Å². The summed E-state index contributed by atoms with van der Waals surface area (Å²) in [5.41, 5.74) is 0.223. The topological polar surface area (TPSA) is 53.4 Å². The average Bonchev–Trinajstić information content (AvgIpc) is 2.38. The molecule has 1 aliphatic rings. The van der Waals surface area contributed by atoms with Gasteiger partial charge in [-0.25, -0.2) is 9.78 Å². The third-order valence-corrected chi connectivity index (χ3v) is 4.55. The van der Waals surface area contributed by atoms with E-state index in [4.69, 9.17) is 11.6 Å². The first-order valence-electron chi connectivity index (χ1n) is 5.88. The fraction of sp³-hybridized carbons (Fsp3) is 0.500. The molecule has 2 heterocycles. The highest BCUT2D eigenvalue weighted by Crippen LogP contribution is 2.28. The number of pyridine rings is 1. The van der Waals surface area contributed by atoms with Crippen molar-refractivity contribution in [2.75, 3.05) is 23.7 Å². The molecule has 98 valence electrons. The molecule has 18 heavy (non-hydrogen) atoms. The number of halogens is 1. The molecule has 1 N–H and O–H groups in total. The Morgan fingerprint density at radius 1 is 1.67 bits per heavy atom. The van der Waals surface area contributed by atoms with Gasteiger partial charge in [0.1, 0.15) is 16.5 Å². The highest BCUT2D eigenvalue weighted by atomic mass is 35.5. The summed E-state index contributed by atoms with van der Waals surface area (Å²) >= 11 is 7.81. The van der Waals surface area contributed by atoms with Crippen LogP contribution in [-0.2, 0) is 0 Å². The third-order valence-electron chi connectivity index (χ3n) is 2.97. The molecule has 1 aromatic rings. The Morgan fingerprint density at radius 2 is 2.44 bits per heavy atom. The maximum atomic E-state index is 11.2. The summed E-state index contributed by atoms with van der Waals surface area (Å²) in [4.78, 5) is 17.4. The standard InChI is InChI=1S/C12H15ClN2O2S/c1-2-8-7-15(5-6-18-8)11-9(12(16)17)3-4-10(13)14-11/h3-4,8H,2,5-7H2,1H3,(H,16,17). The van der Waals surface area contributed by atoms with E-state index in [-0.39, 0.29) is 5.56 Å². The maximum Gasteiger partial charge on any atom is 0.339 e. The molecule has 1 atom stereocenters. The molecular formula is C12H15ClN2O2S. The molecule has 4 nitrogen and oxygen atoms in total. The lowest BCUT2D eigenvalue weighted by Crippen LogP contribution is -2.39. The monoisotopic (exact) mass is 286 g/mol. The van der Waals surface area contributed by atoms with E-state index in [0.29, 0.717) is 16.2 Å². The van der Waals surface area contributed by atoms with E-state index in [1.54, 1.807) is 0 Å². The van der Waals surface area contributed by atoms with E-state index in [0.717, 1.165) is 25.3 Å². The molecule has 1 aliphatic heterocycles. The van der Waals surface area contributed by atoms with Gasteiger partial charge in [0.05, 0.1) is 0 Å². The van der Waals surface area contributed by atoms with Crippen molar-refractivity contribution < 1.29 is 9.90 Å². The van der Waals surface area contributed by atoms with Gasteiger partial charge in [0.25, 0.3) is 0 Å². The predicted octanol–water partition coefficient (Wildman–Crippen LogP) is 2.77. The van der Waals surface area contributed by atoms with Crippen LogP contribution in [0.15, 0.2) is 12.1 Å². The summed E-state index contributed by atoms with van der Waals surface area (Å²) in [6.07, 6.45) is 1.07. The lowest BCUT2D eigenvalue weighted by molar-refractivity contribution is 0.0697. The molecule has 1 saturated heterocycles. The van der Waals surface area contributed by atoms with Gasteiger partial charge in [0.15, 0.2) is 0 Å². The minimum atomic E-state index is -0.958. The van der Waals surface area contributed by atoms with Crippen molar-refractivity contribution in [3.05, 3.63) is 22.8 Å². The molecule has 0 amide bonds. The first kappa shape index (κ1) is 13.5. The Bertz CT molecular complexity index is 456. The van der Waals surface area contributed by atoms with Crippen molar-refractivity contribution in [2.24, 2.45) is 0 Å². The lowest BCUT2D eigenvalue weighted by Gasteiger charge is -2.33. The van der Waals surface area contributed by atoms with Crippen LogP contribution in [0.2, 0.25) is 5.15 Å². The normalized spacial score (nSPS) is 19.9. The number of nitrogens with zero attached hydrogens (tertiary/aromatic N) is 2. The molecule has 1 aromatic heterocycles. The Labute approximate surface area is 115 Å². The molecule has 0 radical (unpaired) electrons. The van der Waals surface area contributed by atoms with Gasteiger partial charge in [-0.15, -0.1) is 0 Å². The fourth-order valence-electron chi connectivity index (χ4n) is 1.99. The fourth-order valence-corrected chi connectivity index (χ4v) is 3.32. The Kier molecular flexibility index (Phi) is 4.35. The van der Waals surface area contributed by atoms with Crippen molar-refractivity contribution in [1.29, 1.82) is 0 Å². The molecule has 0 aromatic carbocycles. The van der Waals surface area contributed by atoms with E-state index < -0.39 is 5.97 Å². The Balaban J connectivity index is 2.31. The number of carbonyl (C=O) groups is 1. The molecule has 1 fully saturated rings. The van der Waals surface area contributed by atoms with E-state index >= 15 is 0 Å². The minimum Gasteiger partial charge on any atom is -0.478 e. The van der Waals surface area contributed by atoms with Crippen LogP contribution >= 0.6 is 23.4 Å². The number of anilines is 1. The minimum absolute atomic E-state index is 0.223. The van der Waals surface area contributed by atoms with Crippen molar-refractivity contribution >= 4 is 35.1 Å². The van der Waals surface area contributed by atoms with Crippen LogP contribution in [0, 0.1) is 0 Å². The number of carboxylic acids is 1. The number of aromatic nitrogens is 1. The van der Waals surface area contributed by atoms with Crippen LogP contribution in [0.3, 0.4) is 0 Å². The zero-order chi connectivity index (χ0) is 13.1. The number of thioether (sulfide) groups is 1. The summed E-state index contributed by atoms with van der Waals surface area (Å²) in [6, 6.07) is 3.04. The zero-order valence-corrected chi connectivity index (χ0v) is 11.7. The molecule has 6 heteroatoms. The number of carboxylic acid groups (broad SMARTS) is 1. The van der Waals surface area contributed by atoms with Gasteiger partial charge in [-0.2, -0.15) is 11.8 Å². The molecule has 0 aliphatic carbocycles. The molecular weight excluding hydrogens is 272 g/mol. The van der Waals surface area contributed by atoms with Gasteiger partial charge in [-0.1, -0.05) is 18.5 Å². The smallest absolute Gasteiger partial charge is 0.339 e. The largest absolute Gasteiger partial charge is 0.478 e. The second-order valence-corrected chi connectivity index (χ2v) is 5.95. The molecule has 2 rings (SSSR count). The van der Waals surface area contributed by atoms with E-state index in [9.17, 15) is 9.90 Å². The van der Waals surface area contributed by atoms with Gasteiger partial charge in [-0.05, 0) is 18.6 Å². The van der Waals surface area contributed by atoms with Crippen LogP contribution in [0.1, 0.15) is 23.7 Å². The number of hydrogen-bond donors (Lipinski definition) is 1. The second kappa shape index (κ2) is 5.80. The number of aromatic carboxylic acids is 1. The Hall–Kier alpha value is -0.940. The SMILES string of the molecule is CCC1CN(c2nc(Cl)ccc2C(=O)O)CCS1. The van der Waals surface area contributed by atoms with Crippen molar-refractivity contribution in [3.63, 3.8) is 0 Å². The van der Waals surface area contributed by atoms with E-state index in [1.165, 1.54) is 12.1 Å². The summed E-state index contributed by atoms with van der Waals surface area (Å²) < 4.78 is 0. The average molecular weight is 287 g/mol. The van der Waals surface area contributed by atoms with Gasteiger partial charge in [-0.3, -0.25) is 0 Å². The first-order chi connectivity index (χ1) is 8.61. The van der Waals surface area contributed by atoms with Gasteiger partial charge in [0.2, 0.25) is 0 Å². The zero-order valence-electron chi connectivity index (χ0n) is 10.1. The van der Waals surface area contributed by atoms with Crippen LogP contribution < -0.4 is 4.90 Å². The third kappa shape index (κ3) is 2.90. The van der Waals surface area contributed by atoms with Crippen LogP contribution in [0.25, 0.3) is 0 Å². The molecule has 1 unspecified atom stereocenters. The van der Waals surface area contributed by atoms with Crippen molar-refractivity contribution in [3.8, 4) is 0 Å². The summed E-state index contributed by atoms with van der Waals surface area (Å²) in [5, 5.41) is 10.1. The van der Waals surface area contributed by atoms with Gasteiger partial charge >= 0.3 is 5.97 Å². The van der Waals surface area contributed by atoms with Gasteiger partial charge < -0.3 is 10.0 Å². The summed E-state index contributed by atoms with van der Waals surface area (Å²) in [7, 11) is 0. The summed E-state index contributed by atoms with van der Waals surface area (Å²) in [6.45, 7) is 3.79. The highest BCUT2D eigenvalue weighted by molar-refractivity contribution is 8.00. The second-order valence-electron chi connectivity index (χ2n) is 4.16. The maximum absolute atomic E-state index is 11.2.